The van der Waals surface area contributed by atoms with Crippen LogP contribution in [-0.4, -0.2) is 64.6 Å². The zero-order valence-corrected chi connectivity index (χ0v) is 14.0. The van der Waals surface area contributed by atoms with Gasteiger partial charge >= 0.3 is 0 Å². The van der Waals surface area contributed by atoms with Crippen LogP contribution in [0.25, 0.3) is 0 Å². The molecule has 2 aliphatic heterocycles. The van der Waals surface area contributed by atoms with Crippen LogP contribution in [0.1, 0.15) is 36.7 Å². The third-order valence-corrected chi connectivity index (χ3v) is 5.14. The van der Waals surface area contributed by atoms with E-state index in [1.807, 2.05) is 46.7 Å². The number of hydrogen-bond donors (Lipinski definition) is 0. The summed E-state index contributed by atoms with van der Waals surface area (Å²) in [5.74, 6) is 0.158. The van der Waals surface area contributed by atoms with E-state index < -0.39 is 0 Å². The Kier molecular flexibility index (Phi) is 4.43. The first-order valence-electron chi connectivity index (χ1n) is 8.36. The molecular formula is C17H25N3O3. The molecule has 0 aromatic carbocycles. The van der Waals surface area contributed by atoms with Crippen LogP contribution in [0.4, 0.5) is 0 Å². The number of likely N-dealkylation sites (N-methyl/N-ethyl adjacent to an activating group) is 1. The molecule has 126 valence electrons. The molecular weight excluding hydrogens is 294 g/mol. The summed E-state index contributed by atoms with van der Waals surface area (Å²) < 4.78 is 7.34. The maximum absolute atomic E-state index is 12.9. The van der Waals surface area contributed by atoms with E-state index in [0.29, 0.717) is 45.0 Å². The highest BCUT2D eigenvalue weighted by atomic mass is 16.5. The quantitative estimate of drug-likeness (QED) is 0.825. The molecule has 0 atom stereocenters. The van der Waals surface area contributed by atoms with Crippen LogP contribution in [0.3, 0.4) is 0 Å². The zero-order chi connectivity index (χ0) is 16.4. The van der Waals surface area contributed by atoms with Crippen molar-refractivity contribution in [2.45, 2.75) is 31.7 Å². The number of aromatic nitrogens is 1. The third-order valence-electron chi connectivity index (χ3n) is 5.14. The molecule has 0 N–H and O–H groups in total. The summed E-state index contributed by atoms with van der Waals surface area (Å²) in [7, 11) is 1.87. The Morgan fingerprint density at radius 1 is 1.35 bits per heavy atom. The van der Waals surface area contributed by atoms with Crippen molar-refractivity contribution in [3.63, 3.8) is 0 Å². The average Bonchev–Trinajstić information content (AvgIpc) is 2.92. The fourth-order valence-corrected chi connectivity index (χ4v) is 3.86. The van der Waals surface area contributed by atoms with E-state index >= 15 is 0 Å². The second-order valence-corrected chi connectivity index (χ2v) is 6.46. The van der Waals surface area contributed by atoms with Crippen LogP contribution >= 0.6 is 0 Å². The van der Waals surface area contributed by atoms with Crippen molar-refractivity contribution in [3.8, 4) is 0 Å². The number of carbonyl (C=O) groups is 2. The number of carbonyl (C=O) groups excluding carboxylic acids is 2. The summed E-state index contributed by atoms with van der Waals surface area (Å²) >= 11 is 0. The van der Waals surface area contributed by atoms with Gasteiger partial charge in [0.15, 0.2) is 0 Å². The molecule has 6 heteroatoms. The summed E-state index contributed by atoms with van der Waals surface area (Å²) in [4.78, 5) is 29.3. The number of ether oxygens (including phenoxy) is 1. The molecule has 1 spiro atoms. The molecule has 2 aliphatic rings. The van der Waals surface area contributed by atoms with Crippen molar-refractivity contribution in [1.82, 2.24) is 14.4 Å². The second kappa shape index (κ2) is 6.35. The highest BCUT2D eigenvalue weighted by Gasteiger charge is 2.44. The molecule has 1 aromatic heterocycles. The summed E-state index contributed by atoms with van der Waals surface area (Å²) in [5.41, 5.74) is 0.395. The van der Waals surface area contributed by atoms with Crippen LogP contribution in [0.2, 0.25) is 0 Å². The van der Waals surface area contributed by atoms with Crippen LogP contribution in [0.15, 0.2) is 18.3 Å². The van der Waals surface area contributed by atoms with Gasteiger partial charge in [-0.3, -0.25) is 9.59 Å². The summed E-state index contributed by atoms with van der Waals surface area (Å²) in [6.07, 6.45) is 3.86. The van der Waals surface area contributed by atoms with Crippen LogP contribution in [0, 0.1) is 0 Å². The molecule has 23 heavy (non-hydrogen) atoms. The number of nitrogens with zero attached hydrogens (tertiary/aromatic N) is 3. The normalized spacial score (nSPS) is 21.6. The number of hydrogen-bond acceptors (Lipinski definition) is 3. The Balaban J connectivity index is 1.90. The Bertz CT molecular complexity index is 590. The minimum atomic E-state index is -0.276. The molecule has 0 aliphatic carbocycles. The van der Waals surface area contributed by atoms with Gasteiger partial charge in [0.05, 0.1) is 5.54 Å². The first-order chi connectivity index (χ1) is 11.1. The summed E-state index contributed by atoms with van der Waals surface area (Å²) in [6.45, 7) is 5.09. The zero-order valence-electron chi connectivity index (χ0n) is 14.0. The van der Waals surface area contributed by atoms with E-state index in [4.69, 9.17) is 4.74 Å². The number of rotatable bonds is 2. The molecule has 0 unspecified atom stereocenters. The monoisotopic (exact) mass is 319 g/mol. The number of amides is 2. The maximum atomic E-state index is 12.9. The Labute approximate surface area is 137 Å². The summed E-state index contributed by atoms with van der Waals surface area (Å²) in [5, 5.41) is 0. The molecule has 3 rings (SSSR count). The van der Waals surface area contributed by atoms with E-state index in [0.717, 1.165) is 12.8 Å². The van der Waals surface area contributed by atoms with E-state index in [1.54, 1.807) is 0 Å². The van der Waals surface area contributed by atoms with Crippen molar-refractivity contribution in [2.24, 2.45) is 7.05 Å². The van der Waals surface area contributed by atoms with Gasteiger partial charge in [0.25, 0.3) is 5.91 Å². The fourth-order valence-electron chi connectivity index (χ4n) is 3.86. The van der Waals surface area contributed by atoms with Gasteiger partial charge < -0.3 is 19.1 Å². The van der Waals surface area contributed by atoms with Crippen molar-refractivity contribution in [1.29, 1.82) is 0 Å². The van der Waals surface area contributed by atoms with Crippen LogP contribution < -0.4 is 0 Å². The van der Waals surface area contributed by atoms with Crippen molar-refractivity contribution >= 4 is 11.8 Å². The molecule has 0 saturated carbocycles. The molecule has 2 amide bonds. The standard InChI is InChI=1S/C17H25N3O3/c1-3-20-15(21)6-10-19(13-17(20)7-11-23-12-8-17)16(22)14-5-4-9-18(14)2/h4-5,9H,3,6-8,10-13H2,1-2H3. The van der Waals surface area contributed by atoms with Gasteiger partial charge in [-0.1, -0.05) is 0 Å². The van der Waals surface area contributed by atoms with Crippen LogP contribution in [-0.2, 0) is 16.6 Å². The Morgan fingerprint density at radius 3 is 2.70 bits per heavy atom. The SMILES string of the molecule is CCN1C(=O)CCN(C(=O)c2cccn2C)CC12CCOCC2. The lowest BCUT2D eigenvalue weighted by Gasteiger charge is -2.46. The highest BCUT2D eigenvalue weighted by Crippen LogP contribution is 2.32. The molecule has 2 fully saturated rings. The first-order valence-corrected chi connectivity index (χ1v) is 8.36. The van der Waals surface area contributed by atoms with Crippen molar-refractivity contribution in [3.05, 3.63) is 24.0 Å². The smallest absolute Gasteiger partial charge is 0.270 e. The molecule has 3 heterocycles. The lowest BCUT2D eigenvalue weighted by atomic mass is 9.87. The Hall–Kier alpha value is -1.82. The largest absolute Gasteiger partial charge is 0.381 e. The van der Waals surface area contributed by atoms with Gasteiger partial charge in [-0.15, -0.1) is 0 Å². The first kappa shape index (κ1) is 16.1. The fraction of sp³-hybridized carbons (Fsp3) is 0.647. The van der Waals surface area contributed by atoms with Crippen molar-refractivity contribution < 1.29 is 14.3 Å². The van der Waals surface area contributed by atoms with Gasteiger partial charge in [0.1, 0.15) is 5.69 Å². The second-order valence-electron chi connectivity index (χ2n) is 6.46. The topological polar surface area (TPSA) is 54.8 Å². The van der Waals surface area contributed by atoms with Gasteiger partial charge in [-0.2, -0.15) is 0 Å². The lowest BCUT2D eigenvalue weighted by molar-refractivity contribution is -0.139. The van der Waals surface area contributed by atoms with E-state index in [9.17, 15) is 9.59 Å². The van der Waals surface area contributed by atoms with Gasteiger partial charge in [0, 0.05) is 52.5 Å². The minimum absolute atomic E-state index is 0.00844. The molecule has 0 radical (unpaired) electrons. The average molecular weight is 319 g/mol. The Morgan fingerprint density at radius 2 is 2.09 bits per heavy atom. The van der Waals surface area contributed by atoms with Crippen molar-refractivity contribution in [2.75, 3.05) is 32.8 Å². The van der Waals surface area contributed by atoms with Gasteiger partial charge in [-0.25, -0.2) is 0 Å². The van der Waals surface area contributed by atoms with Crippen LogP contribution in [0.5, 0.6) is 0 Å². The van der Waals surface area contributed by atoms with Gasteiger partial charge in [0.2, 0.25) is 5.91 Å². The maximum Gasteiger partial charge on any atom is 0.270 e. The van der Waals surface area contributed by atoms with E-state index in [1.165, 1.54) is 0 Å². The highest BCUT2D eigenvalue weighted by molar-refractivity contribution is 5.93. The van der Waals surface area contributed by atoms with E-state index in [-0.39, 0.29) is 17.4 Å². The molecule has 1 aromatic rings. The summed E-state index contributed by atoms with van der Waals surface area (Å²) in [6, 6.07) is 3.71. The van der Waals surface area contributed by atoms with E-state index in [2.05, 4.69) is 0 Å². The molecule has 0 bridgehead atoms. The predicted octanol–water partition coefficient (Wildman–Crippen LogP) is 1.27. The molecule has 2 saturated heterocycles. The molecule has 6 nitrogen and oxygen atoms in total. The lowest BCUT2D eigenvalue weighted by Crippen LogP contribution is -2.58. The number of aryl methyl sites for hydroxylation is 1. The third kappa shape index (κ3) is 2.87. The predicted molar refractivity (Wildman–Crippen MR) is 86.1 cm³/mol. The van der Waals surface area contributed by atoms with Gasteiger partial charge in [-0.05, 0) is 31.9 Å². The minimum Gasteiger partial charge on any atom is -0.381 e.